The molecule has 2 fully saturated rings. The highest BCUT2D eigenvalue weighted by molar-refractivity contribution is 5.79. The van der Waals surface area contributed by atoms with Crippen LogP contribution < -0.4 is 10.6 Å². The molecule has 6 nitrogen and oxygen atoms in total. The first kappa shape index (κ1) is 21.5. The molecule has 0 spiro atoms. The molecule has 2 aliphatic rings. The van der Waals surface area contributed by atoms with Crippen molar-refractivity contribution < 1.29 is 9.47 Å². The van der Waals surface area contributed by atoms with Gasteiger partial charge >= 0.3 is 0 Å². The maximum atomic E-state index is 5.66. The number of ether oxygens (including phenoxy) is 2. The number of hydrogen-bond donors (Lipinski definition) is 2. The number of rotatable bonds is 7. The molecule has 0 amide bonds. The second-order valence-corrected chi connectivity index (χ2v) is 8.94. The van der Waals surface area contributed by atoms with Crippen molar-refractivity contribution in [2.75, 3.05) is 53.1 Å². The molecule has 2 saturated heterocycles. The third-order valence-corrected chi connectivity index (χ3v) is 5.44. The highest BCUT2D eigenvalue weighted by Gasteiger charge is 2.31. The van der Waals surface area contributed by atoms with Crippen LogP contribution in [0.3, 0.4) is 0 Å². The summed E-state index contributed by atoms with van der Waals surface area (Å²) in [6, 6.07) is 0.891. The highest BCUT2D eigenvalue weighted by Crippen LogP contribution is 2.22. The molecule has 2 heterocycles. The van der Waals surface area contributed by atoms with E-state index in [1.165, 1.54) is 6.42 Å². The minimum absolute atomic E-state index is 0.372. The third kappa shape index (κ3) is 7.41. The van der Waals surface area contributed by atoms with E-state index in [4.69, 9.17) is 9.47 Å². The highest BCUT2D eigenvalue weighted by atomic mass is 16.5. The maximum absolute atomic E-state index is 5.66. The van der Waals surface area contributed by atoms with Gasteiger partial charge in [0.1, 0.15) is 0 Å². The van der Waals surface area contributed by atoms with Gasteiger partial charge in [0.05, 0.1) is 19.8 Å². The van der Waals surface area contributed by atoms with E-state index in [1.807, 2.05) is 7.05 Å². The SMILES string of the molecule is CN=C(NCC(C1CCOC1)N1CCOCC1)NC(C)CCC(C)(C)C. The fourth-order valence-electron chi connectivity index (χ4n) is 3.71. The number of hydrogen-bond acceptors (Lipinski definition) is 4. The zero-order valence-corrected chi connectivity index (χ0v) is 17.5. The number of nitrogens with one attached hydrogen (secondary N) is 2. The van der Waals surface area contributed by atoms with Gasteiger partial charge in [-0.05, 0) is 31.6 Å². The Labute approximate surface area is 160 Å². The fourth-order valence-corrected chi connectivity index (χ4v) is 3.71. The predicted octanol–water partition coefficient (Wildman–Crippen LogP) is 2.10. The van der Waals surface area contributed by atoms with Gasteiger partial charge in [0.15, 0.2) is 5.96 Å². The van der Waals surface area contributed by atoms with Crippen LogP contribution >= 0.6 is 0 Å². The summed E-state index contributed by atoms with van der Waals surface area (Å²) in [4.78, 5) is 7.00. The van der Waals surface area contributed by atoms with Crippen LogP contribution in [0.25, 0.3) is 0 Å². The van der Waals surface area contributed by atoms with Gasteiger partial charge in [0, 0.05) is 51.3 Å². The van der Waals surface area contributed by atoms with Crippen molar-refractivity contribution in [2.45, 2.75) is 59.0 Å². The molecule has 0 aromatic rings. The summed E-state index contributed by atoms with van der Waals surface area (Å²) in [5.74, 6) is 1.50. The number of aliphatic imine (C=N–C) groups is 1. The predicted molar refractivity (Wildman–Crippen MR) is 108 cm³/mol. The number of morpholine rings is 1. The smallest absolute Gasteiger partial charge is 0.191 e. The van der Waals surface area contributed by atoms with Crippen molar-refractivity contribution in [2.24, 2.45) is 16.3 Å². The van der Waals surface area contributed by atoms with Crippen molar-refractivity contribution in [1.29, 1.82) is 0 Å². The first-order chi connectivity index (χ1) is 12.4. The van der Waals surface area contributed by atoms with E-state index in [0.29, 0.717) is 23.4 Å². The average Bonchev–Trinajstić information content (AvgIpc) is 3.14. The molecular weight excluding hydrogens is 328 g/mol. The van der Waals surface area contributed by atoms with E-state index in [9.17, 15) is 0 Å². The molecule has 3 atom stereocenters. The van der Waals surface area contributed by atoms with Crippen LogP contribution in [0.15, 0.2) is 4.99 Å². The van der Waals surface area contributed by atoms with Gasteiger partial charge in [-0.2, -0.15) is 0 Å². The van der Waals surface area contributed by atoms with Crippen molar-refractivity contribution in [3.05, 3.63) is 0 Å². The molecule has 0 aromatic heterocycles. The summed E-state index contributed by atoms with van der Waals surface area (Å²) in [5.41, 5.74) is 0.372. The Bertz CT molecular complexity index is 424. The normalized spacial score (nSPS) is 25.1. The zero-order chi connectivity index (χ0) is 19.0. The zero-order valence-electron chi connectivity index (χ0n) is 17.5. The van der Waals surface area contributed by atoms with Crippen LogP contribution in [0.4, 0.5) is 0 Å². The van der Waals surface area contributed by atoms with Crippen molar-refractivity contribution in [1.82, 2.24) is 15.5 Å². The molecule has 2 rings (SSSR count). The Morgan fingerprint density at radius 2 is 1.92 bits per heavy atom. The van der Waals surface area contributed by atoms with E-state index in [2.05, 4.69) is 48.2 Å². The lowest BCUT2D eigenvalue weighted by molar-refractivity contribution is 0.00246. The molecule has 152 valence electrons. The molecule has 2 N–H and O–H groups in total. The average molecular weight is 369 g/mol. The van der Waals surface area contributed by atoms with Gasteiger partial charge < -0.3 is 20.1 Å². The molecule has 0 bridgehead atoms. The minimum Gasteiger partial charge on any atom is -0.381 e. The molecule has 0 aromatic carbocycles. The topological polar surface area (TPSA) is 58.1 Å². The van der Waals surface area contributed by atoms with Gasteiger partial charge in [-0.1, -0.05) is 20.8 Å². The van der Waals surface area contributed by atoms with Gasteiger partial charge in [-0.15, -0.1) is 0 Å². The molecule has 0 aliphatic carbocycles. The van der Waals surface area contributed by atoms with Crippen LogP contribution in [0, 0.1) is 11.3 Å². The summed E-state index contributed by atoms with van der Waals surface area (Å²) in [7, 11) is 1.86. The van der Waals surface area contributed by atoms with Crippen molar-refractivity contribution in [3.63, 3.8) is 0 Å². The van der Waals surface area contributed by atoms with E-state index < -0.39 is 0 Å². The first-order valence-corrected chi connectivity index (χ1v) is 10.3. The Balaban J connectivity index is 1.84. The summed E-state index contributed by atoms with van der Waals surface area (Å²) in [6.07, 6.45) is 3.50. The van der Waals surface area contributed by atoms with Crippen LogP contribution in [0.1, 0.15) is 47.0 Å². The molecule has 0 radical (unpaired) electrons. The maximum Gasteiger partial charge on any atom is 0.191 e. The molecular formula is C20H40N4O2. The monoisotopic (exact) mass is 368 g/mol. The van der Waals surface area contributed by atoms with Crippen LogP contribution in [0.5, 0.6) is 0 Å². The largest absolute Gasteiger partial charge is 0.381 e. The third-order valence-electron chi connectivity index (χ3n) is 5.44. The van der Waals surface area contributed by atoms with Gasteiger partial charge in [-0.3, -0.25) is 9.89 Å². The van der Waals surface area contributed by atoms with Crippen LogP contribution in [0.2, 0.25) is 0 Å². The Morgan fingerprint density at radius 3 is 2.50 bits per heavy atom. The van der Waals surface area contributed by atoms with Crippen molar-refractivity contribution in [3.8, 4) is 0 Å². The second kappa shape index (κ2) is 10.5. The van der Waals surface area contributed by atoms with E-state index in [1.54, 1.807) is 0 Å². The Hall–Kier alpha value is -0.850. The van der Waals surface area contributed by atoms with E-state index in [0.717, 1.165) is 64.9 Å². The van der Waals surface area contributed by atoms with Crippen LogP contribution in [-0.4, -0.2) is 76.1 Å². The standard InChI is InChI=1S/C20H40N4O2/c1-16(6-8-20(2,3)4)23-19(21-5)22-14-18(17-7-11-26-15-17)24-9-12-25-13-10-24/h16-18H,6-15H2,1-5H3,(H2,21,22,23). The van der Waals surface area contributed by atoms with Gasteiger partial charge in [0.25, 0.3) is 0 Å². The fraction of sp³-hybridized carbons (Fsp3) is 0.950. The quantitative estimate of drug-likeness (QED) is 0.532. The Morgan fingerprint density at radius 1 is 1.19 bits per heavy atom. The van der Waals surface area contributed by atoms with Crippen LogP contribution in [-0.2, 0) is 9.47 Å². The molecule has 6 heteroatoms. The first-order valence-electron chi connectivity index (χ1n) is 10.3. The second-order valence-electron chi connectivity index (χ2n) is 8.94. The van der Waals surface area contributed by atoms with Crippen molar-refractivity contribution >= 4 is 5.96 Å². The van der Waals surface area contributed by atoms with E-state index >= 15 is 0 Å². The minimum atomic E-state index is 0.372. The molecule has 0 saturated carbocycles. The lowest BCUT2D eigenvalue weighted by atomic mass is 9.89. The Kier molecular flexibility index (Phi) is 8.64. The lowest BCUT2D eigenvalue weighted by Gasteiger charge is -2.37. The lowest BCUT2D eigenvalue weighted by Crippen LogP contribution is -2.54. The molecule has 3 unspecified atom stereocenters. The van der Waals surface area contributed by atoms with Gasteiger partial charge in [0.2, 0.25) is 0 Å². The van der Waals surface area contributed by atoms with Gasteiger partial charge in [-0.25, -0.2) is 0 Å². The molecule has 2 aliphatic heterocycles. The number of guanidine groups is 1. The summed E-state index contributed by atoms with van der Waals surface area (Å²) < 4.78 is 11.2. The van der Waals surface area contributed by atoms with E-state index in [-0.39, 0.29) is 0 Å². The summed E-state index contributed by atoms with van der Waals surface area (Å²) >= 11 is 0. The molecule has 26 heavy (non-hydrogen) atoms. The summed E-state index contributed by atoms with van der Waals surface area (Å²) in [6.45, 7) is 15.5. The summed E-state index contributed by atoms with van der Waals surface area (Å²) in [5, 5.41) is 7.13. The number of nitrogens with zero attached hydrogens (tertiary/aromatic N) is 2.